The number of nitrogens with zero attached hydrogens (tertiary/aromatic N) is 2. The molecule has 1 aliphatic carbocycles. The van der Waals surface area contributed by atoms with Crippen molar-refractivity contribution in [3.63, 3.8) is 0 Å². The van der Waals surface area contributed by atoms with Crippen LogP contribution in [0.25, 0.3) is 0 Å². The zero-order chi connectivity index (χ0) is 10.7. The summed E-state index contributed by atoms with van der Waals surface area (Å²) in [5, 5.41) is 9.05. The van der Waals surface area contributed by atoms with Crippen LogP contribution < -0.4 is 0 Å². The Morgan fingerprint density at radius 3 is 2.50 bits per heavy atom. The Labute approximate surface area is 84.8 Å². The van der Waals surface area contributed by atoms with Crippen LogP contribution in [0.15, 0.2) is 4.99 Å². The maximum absolute atomic E-state index is 10.3. The van der Waals surface area contributed by atoms with Crippen LogP contribution >= 0.6 is 0 Å². The molecule has 0 amide bonds. The van der Waals surface area contributed by atoms with Crippen LogP contribution in [0, 0.1) is 16.7 Å². The molecule has 0 aliphatic heterocycles. The molecule has 0 aromatic carbocycles. The summed E-state index contributed by atoms with van der Waals surface area (Å²) in [6.45, 7) is 4.40. The smallest absolute Gasteiger partial charge is 0.211 e. The maximum atomic E-state index is 10.3. The van der Waals surface area contributed by atoms with Crippen molar-refractivity contribution in [3.8, 4) is 6.07 Å². The van der Waals surface area contributed by atoms with Crippen molar-refractivity contribution < 1.29 is 4.79 Å². The summed E-state index contributed by atoms with van der Waals surface area (Å²) in [5.74, 6) is 0. The Kier molecular flexibility index (Phi) is 3.08. The summed E-state index contributed by atoms with van der Waals surface area (Å²) in [6, 6.07) is 2.17. The number of nitriles is 1. The van der Waals surface area contributed by atoms with Crippen LogP contribution in [-0.2, 0) is 4.79 Å². The van der Waals surface area contributed by atoms with E-state index in [0.29, 0.717) is 12.8 Å². The van der Waals surface area contributed by atoms with E-state index in [9.17, 15) is 4.79 Å². The van der Waals surface area contributed by atoms with E-state index in [4.69, 9.17) is 5.26 Å². The van der Waals surface area contributed by atoms with Crippen molar-refractivity contribution in [1.82, 2.24) is 0 Å². The van der Waals surface area contributed by atoms with E-state index in [1.54, 1.807) is 0 Å². The molecule has 0 radical (unpaired) electrons. The molecule has 14 heavy (non-hydrogen) atoms. The predicted octanol–water partition coefficient (Wildman–Crippen LogP) is 2.57. The molecule has 0 bridgehead atoms. The van der Waals surface area contributed by atoms with Gasteiger partial charge in [-0.15, -0.1) is 0 Å². The van der Waals surface area contributed by atoms with Gasteiger partial charge in [0.15, 0.2) is 5.54 Å². The van der Waals surface area contributed by atoms with Crippen molar-refractivity contribution in [2.45, 2.75) is 51.5 Å². The molecule has 1 atom stereocenters. The molecule has 1 saturated carbocycles. The topological polar surface area (TPSA) is 53.2 Å². The average molecular weight is 192 g/mol. The van der Waals surface area contributed by atoms with Gasteiger partial charge in [0.25, 0.3) is 0 Å². The van der Waals surface area contributed by atoms with Crippen LogP contribution in [0.2, 0.25) is 0 Å². The third-order valence-corrected chi connectivity index (χ3v) is 3.13. The Morgan fingerprint density at radius 2 is 1.93 bits per heavy atom. The fourth-order valence-corrected chi connectivity index (χ4v) is 1.99. The fraction of sp³-hybridized carbons (Fsp3) is 0.818. The Balaban J connectivity index is 2.83. The molecule has 3 heteroatoms. The van der Waals surface area contributed by atoms with Crippen LogP contribution in [0.4, 0.5) is 0 Å². The van der Waals surface area contributed by atoms with Crippen molar-refractivity contribution in [2.75, 3.05) is 0 Å². The van der Waals surface area contributed by atoms with Crippen LogP contribution in [0.3, 0.4) is 0 Å². The predicted molar refractivity (Wildman–Crippen MR) is 53.3 cm³/mol. The van der Waals surface area contributed by atoms with E-state index in [0.717, 1.165) is 19.3 Å². The molecule has 3 nitrogen and oxygen atoms in total. The van der Waals surface area contributed by atoms with Crippen LogP contribution in [0.5, 0.6) is 0 Å². The lowest BCUT2D eigenvalue weighted by atomic mass is 9.84. The third-order valence-electron chi connectivity index (χ3n) is 3.13. The molecule has 0 heterocycles. The molecule has 1 aliphatic rings. The van der Waals surface area contributed by atoms with E-state index < -0.39 is 5.54 Å². The highest BCUT2D eigenvalue weighted by atomic mass is 16.1. The average Bonchev–Trinajstić information content (AvgIpc) is 2.27. The van der Waals surface area contributed by atoms with E-state index in [-0.39, 0.29) is 5.41 Å². The Hall–Kier alpha value is -1.13. The van der Waals surface area contributed by atoms with Crippen molar-refractivity contribution in [1.29, 1.82) is 5.26 Å². The number of isocyanates is 1. The van der Waals surface area contributed by atoms with E-state index >= 15 is 0 Å². The number of rotatable bonds is 1. The number of hydrogen-bond acceptors (Lipinski definition) is 3. The normalized spacial score (nSPS) is 30.9. The molecular formula is C11H16N2O. The van der Waals surface area contributed by atoms with E-state index in [1.807, 2.05) is 0 Å². The first-order valence-corrected chi connectivity index (χ1v) is 5.04. The zero-order valence-corrected chi connectivity index (χ0v) is 8.84. The summed E-state index contributed by atoms with van der Waals surface area (Å²) in [4.78, 5) is 14.0. The van der Waals surface area contributed by atoms with Crippen LogP contribution in [0.1, 0.15) is 46.0 Å². The minimum absolute atomic E-state index is 0.275. The third kappa shape index (κ3) is 2.43. The van der Waals surface area contributed by atoms with Gasteiger partial charge >= 0.3 is 0 Å². The molecule has 0 N–H and O–H groups in total. The standard InChI is InChI=1S/C11H16N2O/c1-10(2)4-3-5-11(8-12,7-6-10)13-9-14/h3-7H2,1-2H3. The molecule has 0 aromatic rings. The first-order valence-electron chi connectivity index (χ1n) is 5.04. The van der Waals surface area contributed by atoms with Crippen LogP contribution in [-0.4, -0.2) is 11.6 Å². The van der Waals surface area contributed by atoms with Gasteiger partial charge in [-0.05, 0) is 37.5 Å². The van der Waals surface area contributed by atoms with Gasteiger partial charge in [-0.25, -0.2) is 4.79 Å². The summed E-state index contributed by atoms with van der Waals surface area (Å²) in [5.41, 5.74) is -0.507. The first-order chi connectivity index (χ1) is 6.54. The first kappa shape index (κ1) is 10.9. The van der Waals surface area contributed by atoms with Gasteiger partial charge in [0, 0.05) is 0 Å². The second-order valence-electron chi connectivity index (χ2n) is 4.86. The van der Waals surface area contributed by atoms with Gasteiger partial charge < -0.3 is 0 Å². The summed E-state index contributed by atoms with van der Waals surface area (Å²) in [7, 11) is 0. The Bertz CT molecular complexity index is 297. The molecule has 76 valence electrons. The monoisotopic (exact) mass is 192 g/mol. The lowest BCUT2D eigenvalue weighted by molar-refractivity contribution is 0.308. The van der Waals surface area contributed by atoms with Gasteiger partial charge in [-0.2, -0.15) is 10.3 Å². The largest absolute Gasteiger partial charge is 0.236 e. The van der Waals surface area contributed by atoms with Crippen molar-refractivity contribution in [3.05, 3.63) is 0 Å². The van der Waals surface area contributed by atoms with E-state index in [1.165, 1.54) is 6.08 Å². The molecular weight excluding hydrogens is 176 g/mol. The highest BCUT2D eigenvalue weighted by Crippen LogP contribution is 2.39. The highest BCUT2D eigenvalue weighted by molar-refractivity contribution is 5.37. The van der Waals surface area contributed by atoms with Crippen molar-refractivity contribution in [2.24, 2.45) is 10.4 Å². The maximum Gasteiger partial charge on any atom is 0.236 e. The molecule has 1 unspecified atom stereocenters. The summed E-state index contributed by atoms with van der Waals surface area (Å²) < 4.78 is 0. The second kappa shape index (κ2) is 3.94. The number of hydrogen-bond donors (Lipinski definition) is 0. The highest BCUT2D eigenvalue weighted by Gasteiger charge is 2.35. The lowest BCUT2D eigenvalue weighted by Gasteiger charge is -2.22. The number of aliphatic imine (C=N–C) groups is 1. The summed E-state index contributed by atoms with van der Waals surface area (Å²) in [6.07, 6.45) is 5.94. The molecule has 1 fully saturated rings. The van der Waals surface area contributed by atoms with E-state index in [2.05, 4.69) is 24.9 Å². The second-order valence-corrected chi connectivity index (χ2v) is 4.86. The van der Waals surface area contributed by atoms with Crippen molar-refractivity contribution >= 4 is 6.08 Å². The molecule has 0 spiro atoms. The molecule has 0 aromatic heterocycles. The fourth-order valence-electron chi connectivity index (χ4n) is 1.99. The summed E-state index contributed by atoms with van der Waals surface area (Å²) >= 11 is 0. The van der Waals surface area contributed by atoms with Gasteiger partial charge in [-0.3, -0.25) is 0 Å². The van der Waals surface area contributed by atoms with Gasteiger partial charge in [0.05, 0.1) is 6.07 Å². The Morgan fingerprint density at radius 1 is 1.21 bits per heavy atom. The van der Waals surface area contributed by atoms with Gasteiger partial charge in [-0.1, -0.05) is 13.8 Å². The number of carbonyl (C=O) groups excluding carboxylic acids is 1. The zero-order valence-electron chi connectivity index (χ0n) is 8.84. The SMILES string of the molecule is CC1(C)CCCC(C#N)(N=C=O)CC1. The molecule has 1 rings (SSSR count). The lowest BCUT2D eigenvalue weighted by Crippen LogP contribution is -2.23. The quantitative estimate of drug-likeness (QED) is 0.364. The molecule has 0 saturated heterocycles. The van der Waals surface area contributed by atoms with Gasteiger partial charge in [0.1, 0.15) is 0 Å². The minimum Gasteiger partial charge on any atom is -0.211 e. The van der Waals surface area contributed by atoms with Gasteiger partial charge in [0.2, 0.25) is 6.08 Å². The minimum atomic E-state index is -0.782.